The third-order valence-electron chi connectivity index (χ3n) is 4.01. The van der Waals surface area contributed by atoms with Crippen LogP contribution in [-0.2, 0) is 11.3 Å². The van der Waals surface area contributed by atoms with E-state index in [9.17, 15) is 9.59 Å². The Morgan fingerprint density at radius 1 is 1.52 bits per heavy atom. The molecule has 0 bridgehead atoms. The van der Waals surface area contributed by atoms with Crippen LogP contribution in [0.1, 0.15) is 42.5 Å². The molecule has 1 aliphatic rings. The van der Waals surface area contributed by atoms with Gasteiger partial charge in [0.2, 0.25) is 5.91 Å². The van der Waals surface area contributed by atoms with Gasteiger partial charge in [-0.1, -0.05) is 6.92 Å². The highest BCUT2D eigenvalue weighted by Gasteiger charge is 2.22. The molecule has 0 aromatic carbocycles. The first-order valence-electron chi connectivity index (χ1n) is 7.42. The lowest BCUT2D eigenvalue weighted by Crippen LogP contribution is -2.35. The molecule has 1 aromatic rings. The molecule has 0 aliphatic carbocycles. The highest BCUT2D eigenvalue weighted by Crippen LogP contribution is 2.22. The van der Waals surface area contributed by atoms with Crippen LogP contribution in [0.4, 0.5) is 0 Å². The number of hydrogen-bond donors (Lipinski definition) is 3. The molecule has 0 spiro atoms. The average molecular weight is 293 g/mol. The molecule has 6 nitrogen and oxygen atoms in total. The molecule has 2 rings (SSSR count). The molecule has 1 aromatic heterocycles. The largest absolute Gasteiger partial charge is 0.454 e. The van der Waals surface area contributed by atoms with Crippen LogP contribution < -0.4 is 16.4 Å². The number of hydrogen-bond acceptors (Lipinski definition) is 4. The smallest absolute Gasteiger partial charge is 0.284 e. The minimum absolute atomic E-state index is 0.00472. The number of primary amides is 1. The van der Waals surface area contributed by atoms with Crippen LogP contribution in [0.3, 0.4) is 0 Å². The van der Waals surface area contributed by atoms with Crippen LogP contribution in [0.5, 0.6) is 0 Å². The van der Waals surface area contributed by atoms with Gasteiger partial charge in [0.05, 0.1) is 6.54 Å². The van der Waals surface area contributed by atoms with Crippen molar-refractivity contribution in [3.8, 4) is 0 Å². The van der Waals surface area contributed by atoms with Gasteiger partial charge in [0, 0.05) is 6.42 Å². The van der Waals surface area contributed by atoms with Crippen molar-refractivity contribution in [1.29, 1.82) is 0 Å². The van der Waals surface area contributed by atoms with E-state index in [4.69, 9.17) is 10.2 Å². The van der Waals surface area contributed by atoms with E-state index in [0.717, 1.165) is 13.1 Å². The maximum absolute atomic E-state index is 11.9. The summed E-state index contributed by atoms with van der Waals surface area (Å²) in [5, 5.41) is 6.19. The summed E-state index contributed by atoms with van der Waals surface area (Å²) in [5.41, 5.74) is 5.11. The summed E-state index contributed by atoms with van der Waals surface area (Å²) in [6.07, 6.45) is 2.87. The Labute approximate surface area is 124 Å². The van der Waals surface area contributed by atoms with E-state index in [1.54, 1.807) is 6.07 Å². The Bertz CT molecular complexity index is 492. The summed E-state index contributed by atoms with van der Waals surface area (Å²) >= 11 is 0. The van der Waals surface area contributed by atoms with Crippen LogP contribution in [0, 0.1) is 11.8 Å². The van der Waals surface area contributed by atoms with Crippen LogP contribution in [0.2, 0.25) is 0 Å². The maximum atomic E-state index is 11.9. The molecule has 0 saturated carbocycles. The van der Waals surface area contributed by atoms with E-state index in [2.05, 4.69) is 17.6 Å². The lowest BCUT2D eigenvalue weighted by atomic mass is 9.85. The van der Waals surface area contributed by atoms with Gasteiger partial charge in [-0.2, -0.15) is 0 Å². The van der Waals surface area contributed by atoms with Crippen LogP contribution >= 0.6 is 0 Å². The van der Waals surface area contributed by atoms with Gasteiger partial charge in [0.15, 0.2) is 5.76 Å². The fourth-order valence-electron chi connectivity index (χ4n) is 2.69. The van der Waals surface area contributed by atoms with Gasteiger partial charge in [-0.15, -0.1) is 0 Å². The molecule has 1 fully saturated rings. The van der Waals surface area contributed by atoms with Crippen molar-refractivity contribution < 1.29 is 14.0 Å². The summed E-state index contributed by atoms with van der Waals surface area (Å²) in [6, 6.07) is 3.16. The van der Waals surface area contributed by atoms with Gasteiger partial charge < -0.3 is 20.8 Å². The number of nitrogens with one attached hydrogen (secondary N) is 2. The van der Waals surface area contributed by atoms with Crippen LogP contribution in [0.15, 0.2) is 16.5 Å². The fourth-order valence-corrected chi connectivity index (χ4v) is 2.69. The fraction of sp³-hybridized carbons (Fsp3) is 0.600. The monoisotopic (exact) mass is 293 g/mol. The van der Waals surface area contributed by atoms with Gasteiger partial charge >= 0.3 is 0 Å². The summed E-state index contributed by atoms with van der Waals surface area (Å²) in [7, 11) is 0. The van der Waals surface area contributed by atoms with Crippen molar-refractivity contribution in [2.24, 2.45) is 17.6 Å². The van der Waals surface area contributed by atoms with Crippen LogP contribution in [0.25, 0.3) is 0 Å². The lowest BCUT2D eigenvalue weighted by molar-refractivity contribution is -0.122. The van der Waals surface area contributed by atoms with Crippen molar-refractivity contribution in [3.05, 3.63) is 23.7 Å². The molecule has 2 unspecified atom stereocenters. The number of nitrogens with two attached hydrogens (primary N) is 1. The average Bonchev–Trinajstić information content (AvgIpc) is 2.95. The number of piperidine rings is 1. The van der Waals surface area contributed by atoms with Gasteiger partial charge in [0.25, 0.3) is 5.91 Å². The molecule has 6 heteroatoms. The maximum Gasteiger partial charge on any atom is 0.284 e. The Hall–Kier alpha value is -1.82. The minimum atomic E-state index is -0.606. The third-order valence-corrected chi connectivity index (χ3v) is 4.01. The Balaban J connectivity index is 1.74. The molecule has 1 aliphatic heterocycles. The van der Waals surface area contributed by atoms with E-state index < -0.39 is 5.91 Å². The van der Waals surface area contributed by atoms with E-state index in [0.29, 0.717) is 24.0 Å². The second-order valence-corrected chi connectivity index (χ2v) is 5.69. The first kappa shape index (κ1) is 15.6. The topological polar surface area (TPSA) is 97.4 Å². The highest BCUT2D eigenvalue weighted by molar-refractivity contribution is 5.89. The number of rotatable bonds is 6. The lowest BCUT2D eigenvalue weighted by Gasteiger charge is -2.27. The molecule has 2 heterocycles. The van der Waals surface area contributed by atoms with Gasteiger partial charge in [-0.05, 0) is 49.9 Å². The molecule has 2 amide bonds. The number of amides is 2. The predicted octanol–water partition coefficient (Wildman–Crippen LogP) is 1.02. The van der Waals surface area contributed by atoms with Gasteiger partial charge in [-0.25, -0.2) is 0 Å². The van der Waals surface area contributed by atoms with Crippen molar-refractivity contribution >= 4 is 11.8 Å². The normalized spacial score (nSPS) is 20.0. The molecular weight excluding hydrogens is 270 g/mol. The second kappa shape index (κ2) is 7.26. The summed E-state index contributed by atoms with van der Waals surface area (Å²) in [4.78, 5) is 22.9. The predicted molar refractivity (Wildman–Crippen MR) is 78.4 cm³/mol. The SMILES string of the molecule is CC(CC(=O)NCc1ccc(C(N)=O)o1)C1CCCNC1. The van der Waals surface area contributed by atoms with Gasteiger partial charge in [0.1, 0.15) is 5.76 Å². The van der Waals surface area contributed by atoms with E-state index in [-0.39, 0.29) is 18.2 Å². The van der Waals surface area contributed by atoms with Crippen molar-refractivity contribution in [3.63, 3.8) is 0 Å². The molecule has 1 saturated heterocycles. The molecule has 116 valence electrons. The first-order chi connectivity index (χ1) is 10.1. The molecule has 21 heavy (non-hydrogen) atoms. The first-order valence-corrected chi connectivity index (χ1v) is 7.42. The highest BCUT2D eigenvalue weighted by atomic mass is 16.4. The number of carbonyl (C=O) groups excluding carboxylic acids is 2. The molecular formula is C15H23N3O3. The zero-order chi connectivity index (χ0) is 15.2. The van der Waals surface area contributed by atoms with E-state index in [1.807, 2.05) is 0 Å². The summed E-state index contributed by atoms with van der Waals surface area (Å²) < 4.78 is 5.22. The van der Waals surface area contributed by atoms with Crippen molar-refractivity contribution in [2.75, 3.05) is 13.1 Å². The van der Waals surface area contributed by atoms with Gasteiger partial charge in [-0.3, -0.25) is 9.59 Å². The van der Waals surface area contributed by atoms with Crippen LogP contribution in [-0.4, -0.2) is 24.9 Å². The zero-order valence-corrected chi connectivity index (χ0v) is 12.4. The molecule has 4 N–H and O–H groups in total. The molecule has 2 atom stereocenters. The number of carbonyl (C=O) groups is 2. The standard InChI is InChI=1S/C15H23N3O3/c1-10(11-3-2-6-17-8-11)7-14(19)18-9-12-4-5-13(21-12)15(16)20/h4-5,10-11,17H,2-3,6-9H2,1H3,(H2,16,20)(H,18,19). The number of furan rings is 1. The molecule has 0 radical (unpaired) electrons. The minimum Gasteiger partial charge on any atom is -0.454 e. The summed E-state index contributed by atoms with van der Waals surface area (Å²) in [5.74, 6) is 0.964. The Morgan fingerprint density at radius 2 is 2.33 bits per heavy atom. The van der Waals surface area contributed by atoms with Crippen molar-refractivity contribution in [1.82, 2.24) is 10.6 Å². The summed E-state index contributed by atoms with van der Waals surface area (Å²) in [6.45, 7) is 4.47. The van der Waals surface area contributed by atoms with E-state index in [1.165, 1.54) is 18.9 Å². The van der Waals surface area contributed by atoms with E-state index >= 15 is 0 Å². The quantitative estimate of drug-likeness (QED) is 0.729. The zero-order valence-electron chi connectivity index (χ0n) is 12.4. The Kier molecular flexibility index (Phi) is 5.38. The van der Waals surface area contributed by atoms with Crippen molar-refractivity contribution in [2.45, 2.75) is 32.7 Å². The second-order valence-electron chi connectivity index (χ2n) is 5.69. The Morgan fingerprint density at radius 3 is 2.95 bits per heavy atom. The third kappa shape index (κ3) is 4.60.